The molecule has 2 N–H and O–H groups in total. The molecule has 2 bridgehead atoms. The fourth-order valence-corrected chi connectivity index (χ4v) is 6.82. The van der Waals surface area contributed by atoms with Crippen molar-refractivity contribution < 1.29 is 14.7 Å². The number of aliphatic hydroxyl groups excluding tert-OH is 1. The number of β-amino-alcohol motifs (C(OH)–C–C–N with tert-alkyl or cyclic N) is 1. The van der Waals surface area contributed by atoms with Gasteiger partial charge in [0.15, 0.2) is 0 Å². The van der Waals surface area contributed by atoms with E-state index >= 15 is 0 Å². The van der Waals surface area contributed by atoms with Crippen LogP contribution in [0.3, 0.4) is 0 Å². The highest BCUT2D eigenvalue weighted by atomic mass is 16.3. The van der Waals surface area contributed by atoms with Crippen LogP contribution in [0.4, 0.5) is 0 Å². The Morgan fingerprint density at radius 2 is 2.12 bits per heavy atom. The van der Waals surface area contributed by atoms with Gasteiger partial charge in [0.25, 0.3) is 5.91 Å². The smallest absolute Gasteiger partial charge is 0.268 e. The summed E-state index contributed by atoms with van der Waals surface area (Å²) in [6.45, 7) is 4.11. The average molecular weight is 467 g/mol. The summed E-state index contributed by atoms with van der Waals surface area (Å²) >= 11 is 0. The Morgan fingerprint density at radius 3 is 2.94 bits per heavy atom. The molecule has 2 amide bonds. The highest BCUT2D eigenvalue weighted by molar-refractivity contribution is 5.93. The van der Waals surface area contributed by atoms with Crippen LogP contribution in [0.1, 0.15) is 80.9 Å². The molecule has 0 aromatic carbocycles. The molecule has 3 aliphatic rings. The van der Waals surface area contributed by atoms with Crippen molar-refractivity contribution in [1.29, 1.82) is 0 Å². The first kappa shape index (κ1) is 23.3. The van der Waals surface area contributed by atoms with Gasteiger partial charge in [-0.05, 0) is 67.9 Å². The fourth-order valence-electron chi connectivity index (χ4n) is 6.82. The zero-order valence-corrected chi connectivity index (χ0v) is 20.3. The lowest BCUT2D eigenvalue weighted by molar-refractivity contribution is -0.133. The van der Waals surface area contributed by atoms with Crippen molar-refractivity contribution in [2.45, 2.75) is 77.2 Å². The quantitative estimate of drug-likeness (QED) is 0.681. The van der Waals surface area contributed by atoms with Crippen LogP contribution in [0.25, 0.3) is 5.65 Å². The second-order valence-electron chi connectivity index (χ2n) is 11.0. The lowest BCUT2D eigenvalue weighted by Crippen LogP contribution is -2.45. The van der Waals surface area contributed by atoms with Gasteiger partial charge in [0, 0.05) is 25.8 Å². The molecule has 2 saturated carbocycles. The van der Waals surface area contributed by atoms with Crippen molar-refractivity contribution >= 4 is 17.5 Å². The van der Waals surface area contributed by atoms with Gasteiger partial charge in [-0.15, -0.1) is 0 Å². The number of likely N-dealkylation sites (tertiary alicyclic amines) is 1. The number of hydrogen-bond acceptors (Lipinski definition) is 4. The van der Waals surface area contributed by atoms with E-state index in [2.05, 4.69) is 17.2 Å². The number of carbonyl (C=O) groups excluding carboxylic acids is 2. The number of amides is 2. The van der Waals surface area contributed by atoms with Crippen LogP contribution in [0.5, 0.6) is 0 Å². The molecule has 2 aromatic rings. The summed E-state index contributed by atoms with van der Waals surface area (Å²) in [6.07, 6.45) is 12.0. The van der Waals surface area contributed by atoms with Gasteiger partial charge in [-0.1, -0.05) is 32.3 Å². The molecule has 34 heavy (non-hydrogen) atoms. The maximum Gasteiger partial charge on any atom is 0.268 e. The molecule has 0 spiro atoms. The summed E-state index contributed by atoms with van der Waals surface area (Å²) in [5, 5.41) is 13.1. The number of fused-ring (bicyclic) bond motifs is 3. The SMILES string of the molecule is CCC1CC2CCCC(CNC(=O)c3cccc4nc(CC(=O)N5CCCC(O)C5)cn34)(C1)C2. The zero-order chi connectivity index (χ0) is 23.7. The Kier molecular flexibility index (Phi) is 6.65. The number of aliphatic hydroxyl groups is 1. The molecule has 0 radical (unpaired) electrons. The third-order valence-corrected chi connectivity index (χ3v) is 8.49. The molecule has 2 aromatic heterocycles. The monoisotopic (exact) mass is 466 g/mol. The minimum Gasteiger partial charge on any atom is -0.391 e. The number of nitrogens with zero attached hydrogens (tertiary/aromatic N) is 3. The Hall–Kier alpha value is -2.41. The van der Waals surface area contributed by atoms with Crippen molar-refractivity contribution in [3.63, 3.8) is 0 Å². The lowest BCUT2D eigenvalue weighted by Gasteiger charge is -2.48. The Balaban J connectivity index is 1.27. The van der Waals surface area contributed by atoms with Crippen LogP contribution in [-0.4, -0.2) is 56.9 Å². The van der Waals surface area contributed by atoms with E-state index in [1.807, 2.05) is 24.4 Å². The molecule has 184 valence electrons. The van der Waals surface area contributed by atoms with E-state index < -0.39 is 6.10 Å². The van der Waals surface area contributed by atoms with E-state index in [0.717, 1.165) is 31.2 Å². The summed E-state index contributed by atoms with van der Waals surface area (Å²) in [5.41, 5.74) is 2.13. The second kappa shape index (κ2) is 9.68. The van der Waals surface area contributed by atoms with Crippen LogP contribution < -0.4 is 5.32 Å². The summed E-state index contributed by atoms with van der Waals surface area (Å²) in [4.78, 5) is 32.3. The van der Waals surface area contributed by atoms with E-state index in [0.29, 0.717) is 30.1 Å². The number of rotatable bonds is 6. The number of piperidine rings is 1. The molecule has 1 saturated heterocycles. The standard InChI is InChI=1S/C27H38N4O3/c1-2-19-12-20-6-4-10-27(14-19,15-20)18-28-26(34)23-8-3-9-24-29-21(16-31(23)24)13-25(33)30-11-5-7-22(32)17-30/h3,8-9,16,19-20,22,32H,2,4-7,10-15,17-18H2,1H3,(H,28,34). The van der Waals surface area contributed by atoms with Crippen LogP contribution in [0.15, 0.2) is 24.4 Å². The second-order valence-corrected chi connectivity index (χ2v) is 11.0. The predicted octanol–water partition coefficient (Wildman–Crippen LogP) is 3.59. The highest BCUT2D eigenvalue weighted by Gasteiger charge is 2.42. The van der Waals surface area contributed by atoms with Crippen LogP contribution in [0, 0.1) is 17.3 Å². The Bertz CT molecular complexity index is 1050. The van der Waals surface area contributed by atoms with Gasteiger partial charge >= 0.3 is 0 Å². The number of imidazole rings is 1. The topological polar surface area (TPSA) is 86.9 Å². The predicted molar refractivity (Wildman–Crippen MR) is 130 cm³/mol. The number of aromatic nitrogens is 2. The molecule has 7 heteroatoms. The number of nitrogens with one attached hydrogen (secondary N) is 1. The molecular formula is C27H38N4O3. The van der Waals surface area contributed by atoms with Gasteiger partial charge in [0.2, 0.25) is 5.91 Å². The summed E-state index contributed by atoms with van der Waals surface area (Å²) < 4.78 is 1.81. The Labute approximate surface area is 201 Å². The van der Waals surface area contributed by atoms with E-state index in [1.54, 1.807) is 9.30 Å². The normalized spacial score (nSPS) is 29.2. The van der Waals surface area contributed by atoms with Crippen molar-refractivity contribution in [1.82, 2.24) is 19.6 Å². The largest absolute Gasteiger partial charge is 0.391 e. The first-order valence-corrected chi connectivity index (χ1v) is 13.2. The fraction of sp³-hybridized carbons (Fsp3) is 0.667. The van der Waals surface area contributed by atoms with Crippen molar-refractivity contribution in [3.05, 3.63) is 35.8 Å². The number of pyridine rings is 1. The molecule has 5 rings (SSSR count). The van der Waals surface area contributed by atoms with Gasteiger partial charge in [-0.2, -0.15) is 0 Å². The van der Waals surface area contributed by atoms with Crippen LogP contribution in [0.2, 0.25) is 0 Å². The minimum absolute atomic E-state index is 0.0260. The first-order chi connectivity index (χ1) is 16.4. The Morgan fingerprint density at radius 1 is 1.24 bits per heavy atom. The maximum atomic E-state index is 13.3. The minimum atomic E-state index is -0.440. The molecule has 3 fully saturated rings. The van der Waals surface area contributed by atoms with Gasteiger partial charge in [0.1, 0.15) is 11.3 Å². The summed E-state index contributed by atoms with van der Waals surface area (Å²) in [7, 11) is 0. The van der Waals surface area contributed by atoms with Gasteiger partial charge < -0.3 is 15.3 Å². The van der Waals surface area contributed by atoms with E-state index in [9.17, 15) is 14.7 Å². The third-order valence-electron chi connectivity index (χ3n) is 8.49. The van der Waals surface area contributed by atoms with Crippen molar-refractivity contribution in [3.8, 4) is 0 Å². The third kappa shape index (κ3) is 4.85. The molecule has 2 aliphatic carbocycles. The molecule has 1 aliphatic heterocycles. The zero-order valence-electron chi connectivity index (χ0n) is 20.3. The van der Waals surface area contributed by atoms with Gasteiger partial charge in [-0.3, -0.25) is 14.0 Å². The molecule has 4 unspecified atom stereocenters. The highest BCUT2D eigenvalue weighted by Crippen LogP contribution is 2.51. The number of hydrogen-bond donors (Lipinski definition) is 2. The maximum absolute atomic E-state index is 13.3. The van der Waals surface area contributed by atoms with Gasteiger partial charge in [-0.25, -0.2) is 4.98 Å². The molecule has 7 nitrogen and oxygen atoms in total. The van der Waals surface area contributed by atoms with Crippen LogP contribution >= 0.6 is 0 Å². The van der Waals surface area contributed by atoms with E-state index in [1.165, 1.54) is 44.9 Å². The number of carbonyl (C=O) groups is 2. The molecule has 4 atom stereocenters. The first-order valence-electron chi connectivity index (χ1n) is 13.2. The summed E-state index contributed by atoms with van der Waals surface area (Å²) in [6, 6.07) is 5.55. The summed E-state index contributed by atoms with van der Waals surface area (Å²) in [5.74, 6) is 1.51. The van der Waals surface area contributed by atoms with E-state index in [4.69, 9.17) is 0 Å². The van der Waals surface area contributed by atoms with E-state index in [-0.39, 0.29) is 23.7 Å². The van der Waals surface area contributed by atoms with Crippen molar-refractivity contribution in [2.75, 3.05) is 19.6 Å². The molecular weight excluding hydrogens is 428 g/mol. The lowest BCUT2D eigenvalue weighted by atomic mass is 9.58. The van der Waals surface area contributed by atoms with Gasteiger partial charge in [0.05, 0.1) is 18.2 Å². The molecule has 3 heterocycles. The van der Waals surface area contributed by atoms with Crippen molar-refractivity contribution in [2.24, 2.45) is 17.3 Å². The van der Waals surface area contributed by atoms with Crippen LogP contribution in [-0.2, 0) is 11.2 Å². The average Bonchev–Trinajstić information content (AvgIpc) is 3.24.